The van der Waals surface area contributed by atoms with E-state index >= 15 is 0 Å². The van der Waals surface area contributed by atoms with Crippen molar-refractivity contribution in [2.24, 2.45) is 0 Å². The van der Waals surface area contributed by atoms with E-state index < -0.39 is 0 Å². The minimum atomic E-state index is 0.414. The van der Waals surface area contributed by atoms with Gasteiger partial charge in [-0.1, -0.05) is 35.4 Å². The van der Waals surface area contributed by atoms with Gasteiger partial charge in [0, 0.05) is 11.1 Å². The van der Waals surface area contributed by atoms with Gasteiger partial charge in [-0.05, 0) is 56.8 Å². The minimum absolute atomic E-state index is 0.414. The number of hydrogen-bond acceptors (Lipinski definition) is 1. The Labute approximate surface area is 109 Å². The Kier molecular flexibility index (Phi) is 4.64. The van der Waals surface area contributed by atoms with Crippen LogP contribution in [0, 0.1) is 0 Å². The Morgan fingerprint density at radius 3 is 2.59 bits per heavy atom. The number of nitrogens with one attached hydrogen (secondary N) is 1. The average molecular weight is 250 g/mol. The Morgan fingerprint density at radius 2 is 2.00 bits per heavy atom. The standard InChI is InChI=1S/C15H20ClN/c1-17-15(11-12-5-3-2-4-6-12)13-7-9-14(16)10-8-13/h5,7-10,15,17H,2-4,6,11H2,1H3. The lowest BCUT2D eigenvalue weighted by molar-refractivity contribution is 0.559. The lowest BCUT2D eigenvalue weighted by Gasteiger charge is -2.20. The van der Waals surface area contributed by atoms with Crippen LogP contribution in [0.25, 0.3) is 0 Å². The Bertz CT molecular complexity index is 380. The smallest absolute Gasteiger partial charge is 0.0406 e. The van der Waals surface area contributed by atoms with Gasteiger partial charge in [-0.15, -0.1) is 0 Å². The molecule has 17 heavy (non-hydrogen) atoms. The molecule has 92 valence electrons. The third kappa shape index (κ3) is 3.58. The van der Waals surface area contributed by atoms with Crippen LogP contribution >= 0.6 is 11.6 Å². The largest absolute Gasteiger partial charge is 0.313 e. The molecule has 0 saturated carbocycles. The van der Waals surface area contributed by atoms with Crippen molar-refractivity contribution in [2.75, 3.05) is 7.05 Å². The van der Waals surface area contributed by atoms with Crippen LogP contribution in [0.2, 0.25) is 5.02 Å². The molecule has 1 N–H and O–H groups in total. The molecule has 1 aliphatic rings. The molecule has 0 spiro atoms. The maximum atomic E-state index is 5.92. The summed E-state index contributed by atoms with van der Waals surface area (Å²) in [7, 11) is 2.03. The zero-order chi connectivity index (χ0) is 12.1. The van der Waals surface area contributed by atoms with Gasteiger partial charge in [-0.2, -0.15) is 0 Å². The molecule has 0 fully saturated rings. The van der Waals surface area contributed by atoms with E-state index in [9.17, 15) is 0 Å². The van der Waals surface area contributed by atoms with Crippen LogP contribution < -0.4 is 5.32 Å². The van der Waals surface area contributed by atoms with Gasteiger partial charge in [-0.3, -0.25) is 0 Å². The molecule has 2 heteroatoms. The molecule has 0 aromatic heterocycles. The fraction of sp³-hybridized carbons (Fsp3) is 0.467. The van der Waals surface area contributed by atoms with Crippen molar-refractivity contribution in [3.63, 3.8) is 0 Å². The zero-order valence-corrected chi connectivity index (χ0v) is 11.1. The lowest BCUT2D eigenvalue weighted by Crippen LogP contribution is -2.17. The summed E-state index contributed by atoms with van der Waals surface area (Å²) in [6, 6.07) is 8.59. The normalized spacial score (nSPS) is 17.6. The van der Waals surface area contributed by atoms with Crippen molar-refractivity contribution in [2.45, 2.75) is 38.1 Å². The molecule has 0 heterocycles. The fourth-order valence-electron chi connectivity index (χ4n) is 2.43. The predicted molar refractivity (Wildman–Crippen MR) is 74.4 cm³/mol. The van der Waals surface area contributed by atoms with Crippen molar-refractivity contribution in [3.8, 4) is 0 Å². The van der Waals surface area contributed by atoms with Gasteiger partial charge >= 0.3 is 0 Å². The van der Waals surface area contributed by atoms with E-state index in [1.54, 1.807) is 5.57 Å². The van der Waals surface area contributed by atoms with Crippen LogP contribution in [0.4, 0.5) is 0 Å². The van der Waals surface area contributed by atoms with E-state index in [-0.39, 0.29) is 0 Å². The molecule has 0 bridgehead atoms. The van der Waals surface area contributed by atoms with Crippen molar-refractivity contribution in [3.05, 3.63) is 46.5 Å². The molecule has 0 radical (unpaired) electrons. The third-order valence-electron chi connectivity index (χ3n) is 3.47. The van der Waals surface area contributed by atoms with E-state index in [1.165, 1.54) is 31.2 Å². The second kappa shape index (κ2) is 6.23. The van der Waals surface area contributed by atoms with Gasteiger partial charge in [0.15, 0.2) is 0 Å². The average Bonchev–Trinajstić information content (AvgIpc) is 2.38. The van der Waals surface area contributed by atoms with E-state index in [0.717, 1.165) is 11.4 Å². The van der Waals surface area contributed by atoms with Gasteiger partial charge in [0.2, 0.25) is 0 Å². The van der Waals surface area contributed by atoms with Crippen molar-refractivity contribution in [1.82, 2.24) is 5.32 Å². The highest BCUT2D eigenvalue weighted by Crippen LogP contribution is 2.27. The van der Waals surface area contributed by atoms with Gasteiger partial charge in [0.25, 0.3) is 0 Å². The number of allylic oxidation sites excluding steroid dienone is 1. The van der Waals surface area contributed by atoms with Crippen LogP contribution in [0.3, 0.4) is 0 Å². The highest BCUT2D eigenvalue weighted by Gasteiger charge is 2.13. The summed E-state index contributed by atoms with van der Waals surface area (Å²) in [5.41, 5.74) is 2.92. The van der Waals surface area contributed by atoms with Crippen molar-refractivity contribution >= 4 is 11.6 Å². The number of hydrogen-bond donors (Lipinski definition) is 1. The molecule has 1 aliphatic carbocycles. The highest BCUT2D eigenvalue weighted by molar-refractivity contribution is 6.30. The van der Waals surface area contributed by atoms with Crippen LogP contribution in [-0.2, 0) is 0 Å². The lowest BCUT2D eigenvalue weighted by atomic mass is 9.91. The molecule has 0 aliphatic heterocycles. The molecule has 1 nitrogen and oxygen atoms in total. The quantitative estimate of drug-likeness (QED) is 0.776. The first kappa shape index (κ1) is 12.7. The summed E-state index contributed by atoms with van der Waals surface area (Å²) in [5, 5.41) is 4.21. The van der Waals surface area contributed by atoms with E-state index in [0.29, 0.717) is 6.04 Å². The first-order chi connectivity index (χ1) is 8.29. The van der Waals surface area contributed by atoms with Crippen molar-refractivity contribution in [1.29, 1.82) is 0 Å². The predicted octanol–water partition coefficient (Wildman–Crippen LogP) is 4.49. The minimum Gasteiger partial charge on any atom is -0.313 e. The first-order valence-corrected chi connectivity index (χ1v) is 6.78. The number of benzene rings is 1. The van der Waals surface area contributed by atoms with E-state index in [4.69, 9.17) is 11.6 Å². The summed E-state index contributed by atoms with van der Waals surface area (Å²) >= 11 is 5.92. The molecule has 1 aromatic rings. The molecule has 0 saturated heterocycles. The summed E-state index contributed by atoms with van der Waals surface area (Å²) in [5.74, 6) is 0. The molecular weight excluding hydrogens is 230 g/mol. The SMILES string of the molecule is CNC(CC1=CCCCC1)c1ccc(Cl)cc1. The van der Waals surface area contributed by atoms with Gasteiger partial charge < -0.3 is 5.32 Å². The molecule has 1 unspecified atom stereocenters. The maximum Gasteiger partial charge on any atom is 0.0406 e. The second-order valence-electron chi connectivity index (χ2n) is 4.71. The van der Waals surface area contributed by atoms with Gasteiger partial charge in [0.05, 0.1) is 0 Å². The topological polar surface area (TPSA) is 12.0 Å². The van der Waals surface area contributed by atoms with Gasteiger partial charge in [-0.25, -0.2) is 0 Å². The zero-order valence-electron chi connectivity index (χ0n) is 10.4. The van der Waals surface area contributed by atoms with Crippen LogP contribution in [0.15, 0.2) is 35.9 Å². The molecule has 1 aromatic carbocycles. The van der Waals surface area contributed by atoms with E-state index in [2.05, 4.69) is 23.5 Å². The Morgan fingerprint density at radius 1 is 1.24 bits per heavy atom. The molecule has 2 rings (SSSR count). The molecule has 0 amide bonds. The maximum absolute atomic E-state index is 5.92. The fourth-order valence-corrected chi connectivity index (χ4v) is 2.56. The first-order valence-electron chi connectivity index (χ1n) is 6.40. The third-order valence-corrected chi connectivity index (χ3v) is 3.72. The number of halogens is 1. The summed E-state index contributed by atoms with van der Waals surface area (Å²) in [6.45, 7) is 0. The monoisotopic (exact) mass is 249 g/mol. The van der Waals surface area contributed by atoms with Crippen LogP contribution in [0.5, 0.6) is 0 Å². The van der Waals surface area contributed by atoms with Crippen LogP contribution in [-0.4, -0.2) is 7.05 Å². The van der Waals surface area contributed by atoms with Gasteiger partial charge in [0.1, 0.15) is 0 Å². The highest BCUT2D eigenvalue weighted by atomic mass is 35.5. The Balaban J connectivity index is 2.05. The Hall–Kier alpha value is -0.790. The molecular formula is C15H20ClN. The molecule has 1 atom stereocenters. The number of rotatable bonds is 4. The van der Waals surface area contributed by atoms with E-state index in [1.807, 2.05) is 19.2 Å². The van der Waals surface area contributed by atoms with Crippen LogP contribution in [0.1, 0.15) is 43.7 Å². The summed E-state index contributed by atoms with van der Waals surface area (Å²) < 4.78 is 0. The van der Waals surface area contributed by atoms with Crippen molar-refractivity contribution < 1.29 is 0 Å². The summed E-state index contributed by atoms with van der Waals surface area (Å²) in [6.07, 6.45) is 8.78. The second-order valence-corrected chi connectivity index (χ2v) is 5.14. The summed E-state index contributed by atoms with van der Waals surface area (Å²) in [4.78, 5) is 0.